The molecular formula is C14H25N3O. The molecule has 0 saturated carbocycles. The van der Waals surface area contributed by atoms with Gasteiger partial charge in [0.1, 0.15) is 11.6 Å². The topological polar surface area (TPSA) is 47.0 Å². The fraction of sp³-hybridized carbons (Fsp3) is 0.714. The van der Waals surface area contributed by atoms with Gasteiger partial charge in [0.2, 0.25) is 5.88 Å². The molecule has 0 saturated heterocycles. The van der Waals surface area contributed by atoms with Crippen LogP contribution in [0.3, 0.4) is 0 Å². The third-order valence-corrected chi connectivity index (χ3v) is 2.38. The van der Waals surface area contributed by atoms with Crippen molar-refractivity contribution < 1.29 is 4.74 Å². The van der Waals surface area contributed by atoms with Gasteiger partial charge in [0.05, 0.1) is 6.61 Å². The van der Waals surface area contributed by atoms with Crippen molar-refractivity contribution in [1.82, 2.24) is 9.97 Å². The van der Waals surface area contributed by atoms with Gasteiger partial charge in [-0.05, 0) is 12.8 Å². The van der Waals surface area contributed by atoms with Gasteiger partial charge in [0, 0.05) is 18.0 Å². The zero-order valence-corrected chi connectivity index (χ0v) is 12.2. The lowest BCUT2D eigenvalue weighted by atomic mass is 9.96. The van der Waals surface area contributed by atoms with E-state index >= 15 is 0 Å². The second-order valence-electron chi connectivity index (χ2n) is 5.44. The third-order valence-electron chi connectivity index (χ3n) is 2.38. The van der Waals surface area contributed by atoms with Gasteiger partial charge in [-0.15, -0.1) is 0 Å². The van der Waals surface area contributed by atoms with E-state index in [2.05, 4.69) is 49.9 Å². The van der Waals surface area contributed by atoms with Crippen molar-refractivity contribution >= 4 is 5.82 Å². The van der Waals surface area contributed by atoms with Crippen LogP contribution in [-0.2, 0) is 5.41 Å². The van der Waals surface area contributed by atoms with Crippen LogP contribution < -0.4 is 10.1 Å². The Morgan fingerprint density at radius 2 is 1.89 bits per heavy atom. The van der Waals surface area contributed by atoms with Crippen LogP contribution in [-0.4, -0.2) is 23.1 Å². The third kappa shape index (κ3) is 4.51. The molecule has 4 heteroatoms. The number of aromatic nitrogens is 2. The van der Waals surface area contributed by atoms with Crippen LogP contribution >= 0.6 is 0 Å². The van der Waals surface area contributed by atoms with E-state index in [1.165, 1.54) is 0 Å². The first kappa shape index (κ1) is 14.7. The molecule has 0 fully saturated rings. The van der Waals surface area contributed by atoms with E-state index in [1.807, 2.05) is 6.07 Å². The Morgan fingerprint density at radius 1 is 1.17 bits per heavy atom. The molecular weight excluding hydrogens is 226 g/mol. The number of hydrogen-bond acceptors (Lipinski definition) is 4. The monoisotopic (exact) mass is 251 g/mol. The lowest BCUT2D eigenvalue weighted by Crippen LogP contribution is -2.18. The molecule has 0 radical (unpaired) electrons. The van der Waals surface area contributed by atoms with Crippen molar-refractivity contribution in [2.24, 2.45) is 0 Å². The van der Waals surface area contributed by atoms with Gasteiger partial charge in [0.15, 0.2) is 0 Å². The predicted molar refractivity (Wildman–Crippen MR) is 75.3 cm³/mol. The molecule has 0 aliphatic rings. The Labute approximate surface area is 110 Å². The minimum absolute atomic E-state index is 0.0752. The standard InChI is InChI=1S/C14H25N3O/c1-6-8-15-11-10-12(18-9-7-2)17-13(16-11)14(3,4)5/h10H,6-9H2,1-5H3,(H,15,16,17). The van der Waals surface area contributed by atoms with Crippen LogP contribution in [0, 0.1) is 0 Å². The smallest absolute Gasteiger partial charge is 0.218 e. The molecule has 4 nitrogen and oxygen atoms in total. The zero-order valence-electron chi connectivity index (χ0n) is 12.2. The minimum Gasteiger partial charge on any atom is -0.478 e. The van der Waals surface area contributed by atoms with E-state index in [4.69, 9.17) is 4.74 Å². The molecule has 0 unspecified atom stereocenters. The van der Waals surface area contributed by atoms with Crippen molar-refractivity contribution in [2.75, 3.05) is 18.5 Å². The molecule has 102 valence electrons. The van der Waals surface area contributed by atoms with Gasteiger partial charge in [-0.3, -0.25) is 0 Å². The summed E-state index contributed by atoms with van der Waals surface area (Å²) < 4.78 is 5.62. The summed E-state index contributed by atoms with van der Waals surface area (Å²) in [6.45, 7) is 12.1. The van der Waals surface area contributed by atoms with Crippen molar-refractivity contribution in [3.63, 3.8) is 0 Å². The molecule has 0 aliphatic heterocycles. The number of nitrogens with zero attached hydrogens (tertiary/aromatic N) is 2. The maximum absolute atomic E-state index is 5.62. The van der Waals surface area contributed by atoms with Crippen LogP contribution in [0.5, 0.6) is 5.88 Å². The van der Waals surface area contributed by atoms with Crippen molar-refractivity contribution in [2.45, 2.75) is 52.9 Å². The lowest BCUT2D eigenvalue weighted by Gasteiger charge is -2.18. The highest BCUT2D eigenvalue weighted by Gasteiger charge is 2.19. The average molecular weight is 251 g/mol. The van der Waals surface area contributed by atoms with Crippen LogP contribution in [0.2, 0.25) is 0 Å². The molecule has 1 aromatic heterocycles. The van der Waals surface area contributed by atoms with Gasteiger partial charge < -0.3 is 10.1 Å². The Balaban J connectivity index is 2.96. The average Bonchev–Trinajstić information content (AvgIpc) is 2.32. The van der Waals surface area contributed by atoms with Gasteiger partial charge in [-0.25, -0.2) is 4.98 Å². The Kier molecular flexibility index (Phi) is 5.38. The molecule has 0 bridgehead atoms. The summed E-state index contributed by atoms with van der Waals surface area (Å²) in [4.78, 5) is 9.02. The fourth-order valence-electron chi connectivity index (χ4n) is 1.38. The molecule has 0 aromatic carbocycles. The number of nitrogens with one attached hydrogen (secondary N) is 1. The SMILES string of the molecule is CCCNc1cc(OCCC)nc(C(C)(C)C)n1. The molecule has 1 aromatic rings. The van der Waals surface area contributed by atoms with E-state index < -0.39 is 0 Å². The second kappa shape index (κ2) is 6.57. The summed E-state index contributed by atoms with van der Waals surface area (Å²) in [6, 6.07) is 1.88. The van der Waals surface area contributed by atoms with Crippen LogP contribution in [0.4, 0.5) is 5.82 Å². The van der Waals surface area contributed by atoms with E-state index in [0.717, 1.165) is 31.0 Å². The molecule has 0 atom stereocenters. The highest BCUT2D eigenvalue weighted by atomic mass is 16.5. The molecule has 0 spiro atoms. The molecule has 1 N–H and O–H groups in total. The highest BCUT2D eigenvalue weighted by molar-refractivity contribution is 5.39. The Morgan fingerprint density at radius 3 is 2.44 bits per heavy atom. The number of rotatable bonds is 6. The van der Waals surface area contributed by atoms with Gasteiger partial charge in [-0.1, -0.05) is 34.6 Å². The molecule has 18 heavy (non-hydrogen) atoms. The van der Waals surface area contributed by atoms with Crippen molar-refractivity contribution in [3.8, 4) is 5.88 Å². The second-order valence-corrected chi connectivity index (χ2v) is 5.44. The first-order valence-electron chi connectivity index (χ1n) is 6.73. The first-order valence-corrected chi connectivity index (χ1v) is 6.73. The summed E-state index contributed by atoms with van der Waals surface area (Å²) in [5, 5.41) is 3.29. The summed E-state index contributed by atoms with van der Waals surface area (Å²) in [6.07, 6.45) is 2.05. The molecule has 1 rings (SSSR count). The van der Waals surface area contributed by atoms with Gasteiger partial charge >= 0.3 is 0 Å². The summed E-state index contributed by atoms with van der Waals surface area (Å²) >= 11 is 0. The fourth-order valence-corrected chi connectivity index (χ4v) is 1.38. The number of anilines is 1. The number of hydrogen-bond donors (Lipinski definition) is 1. The molecule has 0 aliphatic carbocycles. The normalized spacial score (nSPS) is 11.4. The Bertz CT molecular complexity index is 346. The maximum Gasteiger partial charge on any atom is 0.218 e. The van der Waals surface area contributed by atoms with E-state index in [9.17, 15) is 0 Å². The molecule has 0 amide bonds. The van der Waals surface area contributed by atoms with Crippen LogP contribution in [0.15, 0.2) is 6.07 Å². The summed E-state index contributed by atoms with van der Waals surface area (Å²) in [5.74, 6) is 2.33. The quantitative estimate of drug-likeness (QED) is 0.842. The summed E-state index contributed by atoms with van der Waals surface area (Å²) in [7, 11) is 0. The van der Waals surface area contributed by atoms with Crippen LogP contribution in [0.1, 0.15) is 53.3 Å². The Hall–Kier alpha value is -1.32. The number of ether oxygens (including phenoxy) is 1. The van der Waals surface area contributed by atoms with Crippen molar-refractivity contribution in [1.29, 1.82) is 0 Å². The van der Waals surface area contributed by atoms with Crippen molar-refractivity contribution in [3.05, 3.63) is 11.9 Å². The minimum atomic E-state index is -0.0752. The van der Waals surface area contributed by atoms with Gasteiger partial charge in [-0.2, -0.15) is 4.98 Å². The predicted octanol–water partition coefficient (Wildman–Crippen LogP) is 3.38. The summed E-state index contributed by atoms with van der Waals surface area (Å²) in [5.41, 5.74) is -0.0752. The van der Waals surface area contributed by atoms with E-state index in [1.54, 1.807) is 0 Å². The first-order chi connectivity index (χ1) is 8.47. The van der Waals surface area contributed by atoms with E-state index in [-0.39, 0.29) is 5.41 Å². The van der Waals surface area contributed by atoms with Gasteiger partial charge in [0.25, 0.3) is 0 Å². The maximum atomic E-state index is 5.62. The zero-order chi connectivity index (χ0) is 13.6. The van der Waals surface area contributed by atoms with Crippen LogP contribution in [0.25, 0.3) is 0 Å². The van der Waals surface area contributed by atoms with E-state index in [0.29, 0.717) is 12.5 Å². The molecule has 1 heterocycles. The lowest BCUT2D eigenvalue weighted by molar-refractivity contribution is 0.301. The highest BCUT2D eigenvalue weighted by Crippen LogP contribution is 2.23. The largest absolute Gasteiger partial charge is 0.478 e.